The molecular weight excluding hydrogens is 462 g/mol. The number of fused-ring (bicyclic) bond motifs is 4. The van der Waals surface area contributed by atoms with Gasteiger partial charge in [-0.25, -0.2) is 0 Å². The predicted molar refractivity (Wildman–Crippen MR) is 142 cm³/mol. The fourth-order valence-corrected chi connectivity index (χ4v) is 12.8. The first-order valence-electron chi connectivity index (χ1n) is 15.6. The molecule has 0 aromatic carbocycles. The summed E-state index contributed by atoms with van der Waals surface area (Å²) in [5.41, 5.74) is -0.0154. The lowest BCUT2D eigenvalue weighted by molar-refractivity contribution is -0.187. The van der Waals surface area contributed by atoms with E-state index < -0.39 is 11.0 Å². The van der Waals surface area contributed by atoms with Crippen molar-refractivity contribution < 1.29 is 19.1 Å². The van der Waals surface area contributed by atoms with Crippen LogP contribution in [-0.4, -0.2) is 46.7 Å². The molecule has 0 aromatic rings. The van der Waals surface area contributed by atoms with Gasteiger partial charge in [-0.1, -0.05) is 27.2 Å². The molecule has 4 saturated heterocycles. The summed E-state index contributed by atoms with van der Waals surface area (Å²) in [4.78, 5) is 28.6. The highest BCUT2D eigenvalue weighted by Gasteiger charge is 2.80. The zero-order valence-electron chi connectivity index (χ0n) is 24.1. The molecular formula is C32H49NO4. The molecule has 7 bridgehead atoms. The molecule has 5 nitrogen and oxygen atoms in total. The molecule has 206 valence electrons. The van der Waals surface area contributed by atoms with Crippen molar-refractivity contribution in [2.24, 2.45) is 45.8 Å². The van der Waals surface area contributed by atoms with Gasteiger partial charge < -0.3 is 9.47 Å². The molecule has 1 spiro atoms. The molecule has 37 heavy (non-hydrogen) atoms. The molecule has 3 saturated carbocycles. The average molecular weight is 512 g/mol. The van der Waals surface area contributed by atoms with Gasteiger partial charge >= 0.3 is 11.9 Å². The van der Waals surface area contributed by atoms with Crippen LogP contribution in [0.15, 0.2) is 0 Å². The summed E-state index contributed by atoms with van der Waals surface area (Å²) in [6, 6.07) is 0.691. The smallest absolute Gasteiger partial charge is 0.316 e. The molecule has 7 fully saturated rings. The molecule has 0 amide bonds. The van der Waals surface area contributed by atoms with Crippen LogP contribution >= 0.6 is 0 Å². The topological polar surface area (TPSA) is 55.8 Å². The van der Waals surface area contributed by atoms with Crippen LogP contribution in [0.3, 0.4) is 0 Å². The maximum atomic E-state index is 13.5. The molecule has 7 aliphatic rings. The Morgan fingerprint density at radius 1 is 1.08 bits per heavy atom. The van der Waals surface area contributed by atoms with Crippen molar-refractivity contribution >= 4 is 11.9 Å². The van der Waals surface area contributed by atoms with E-state index in [1.54, 1.807) is 0 Å². The van der Waals surface area contributed by atoms with Gasteiger partial charge in [-0.05, 0) is 113 Å². The van der Waals surface area contributed by atoms with Crippen LogP contribution in [0.2, 0.25) is 0 Å². The van der Waals surface area contributed by atoms with E-state index in [-0.39, 0.29) is 24.0 Å². The van der Waals surface area contributed by atoms with E-state index in [1.165, 1.54) is 64.8 Å². The zero-order chi connectivity index (χ0) is 26.2. The van der Waals surface area contributed by atoms with E-state index >= 15 is 0 Å². The van der Waals surface area contributed by atoms with E-state index in [1.807, 2.05) is 0 Å². The maximum absolute atomic E-state index is 13.5. The summed E-state index contributed by atoms with van der Waals surface area (Å²) in [6.45, 7) is 14.7. The highest BCUT2D eigenvalue weighted by molar-refractivity contribution is 5.82. The number of nitrogens with zero attached hydrogens (tertiary/aromatic N) is 1. The number of hydrogen-bond donors (Lipinski definition) is 0. The van der Waals surface area contributed by atoms with Gasteiger partial charge in [0.25, 0.3) is 0 Å². The third-order valence-corrected chi connectivity index (χ3v) is 14.3. The first kappa shape index (κ1) is 24.9. The van der Waals surface area contributed by atoms with Crippen molar-refractivity contribution in [2.45, 2.75) is 135 Å². The monoisotopic (exact) mass is 511 g/mol. The van der Waals surface area contributed by atoms with E-state index in [4.69, 9.17) is 9.47 Å². The first-order chi connectivity index (χ1) is 17.4. The van der Waals surface area contributed by atoms with Gasteiger partial charge in [0.15, 0.2) is 0 Å². The number of hydrogen-bond acceptors (Lipinski definition) is 5. The minimum absolute atomic E-state index is 0.104. The van der Waals surface area contributed by atoms with E-state index in [9.17, 15) is 9.59 Å². The van der Waals surface area contributed by atoms with Crippen molar-refractivity contribution in [2.75, 3.05) is 6.54 Å². The Morgan fingerprint density at radius 3 is 2.59 bits per heavy atom. The Kier molecular flexibility index (Phi) is 5.08. The summed E-state index contributed by atoms with van der Waals surface area (Å²) in [5.74, 6) is 2.78. The second-order valence-corrected chi connectivity index (χ2v) is 15.5. The standard InChI is InChI=1S/C32H49NO4/c1-19(2)22-10-14-28(4)21-9-16-31-13-7-8-24(31)32(28,26(22)33(31)18-21)17-11-23-29(5)15-12-25(36-20(3)34)30(23,6)27(35)37-29/h19,21-26H,7-18H2,1-6H3/t21-,22-,23+,24-,25+,26-,28+,29+,30+,31-,32+/m1/s1. The number of rotatable bonds is 5. The summed E-state index contributed by atoms with van der Waals surface area (Å²) in [7, 11) is 0. The van der Waals surface area contributed by atoms with Crippen LogP contribution in [0.5, 0.6) is 0 Å². The van der Waals surface area contributed by atoms with Crippen LogP contribution in [0.4, 0.5) is 0 Å². The predicted octanol–water partition coefficient (Wildman–Crippen LogP) is 6.14. The molecule has 4 heterocycles. The van der Waals surface area contributed by atoms with Crippen molar-refractivity contribution in [3.8, 4) is 0 Å². The normalized spacial score (nSPS) is 56.9. The molecule has 7 rings (SSSR count). The SMILES string of the molecule is CC(=O)O[C@H]1CC[C@]2(C)OC(=O)[C@@]1(C)[C@H]2CC[C@]12[C@@H]3CCC[C@@]34CC[C@@H]3CN4[C@@H]1[C@@H](C(C)C)CC[C@@]32C. The van der Waals surface area contributed by atoms with Gasteiger partial charge in [0.05, 0.1) is 0 Å². The van der Waals surface area contributed by atoms with Gasteiger partial charge in [0, 0.05) is 31.0 Å². The van der Waals surface area contributed by atoms with Gasteiger partial charge in [-0.2, -0.15) is 0 Å². The molecule has 12 atom stereocenters. The summed E-state index contributed by atoms with van der Waals surface area (Å²) < 4.78 is 12.0. The minimum Gasteiger partial charge on any atom is -0.461 e. The molecule has 5 heteroatoms. The van der Waals surface area contributed by atoms with Crippen LogP contribution in [0, 0.1) is 45.8 Å². The Balaban J connectivity index is 1.31. The summed E-state index contributed by atoms with van der Waals surface area (Å²) in [6.07, 6.45) is 13.1. The molecule has 3 aliphatic carbocycles. The van der Waals surface area contributed by atoms with Gasteiger partial charge in [0.2, 0.25) is 0 Å². The average Bonchev–Trinajstić information content (AvgIpc) is 3.35. The molecule has 4 aliphatic heterocycles. The van der Waals surface area contributed by atoms with Gasteiger partial charge in [-0.15, -0.1) is 0 Å². The van der Waals surface area contributed by atoms with Crippen molar-refractivity contribution in [1.29, 1.82) is 0 Å². The Hall–Kier alpha value is -1.10. The zero-order valence-corrected chi connectivity index (χ0v) is 24.1. The Morgan fingerprint density at radius 2 is 1.86 bits per heavy atom. The minimum atomic E-state index is -0.734. The highest BCUT2D eigenvalue weighted by atomic mass is 16.6. The van der Waals surface area contributed by atoms with E-state index in [0.717, 1.165) is 37.0 Å². The van der Waals surface area contributed by atoms with Crippen LogP contribution in [0.1, 0.15) is 112 Å². The van der Waals surface area contributed by atoms with Crippen LogP contribution in [-0.2, 0) is 19.1 Å². The quantitative estimate of drug-likeness (QED) is 0.415. The first-order valence-corrected chi connectivity index (χ1v) is 15.6. The number of carbonyl (C=O) groups is 2. The number of piperidine rings is 2. The van der Waals surface area contributed by atoms with Crippen LogP contribution < -0.4 is 0 Å². The van der Waals surface area contributed by atoms with E-state index in [2.05, 4.69) is 39.5 Å². The van der Waals surface area contributed by atoms with Crippen molar-refractivity contribution in [3.63, 3.8) is 0 Å². The molecule has 0 N–H and O–H groups in total. The third kappa shape index (κ3) is 2.72. The Labute approximate surface area is 223 Å². The fourth-order valence-electron chi connectivity index (χ4n) is 12.8. The number of esters is 2. The second-order valence-electron chi connectivity index (χ2n) is 15.5. The maximum Gasteiger partial charge on any atom is 0.316 e. The number of carbonyl (C=O) groups excluding carboxylic acids is 2. The lowest BCUT2D eigenvalue weighted by atomic mass is 9.41. The molecule has 0 aromatic heterocycles. The summed E-state index contributed by atoms with van der Waals surface area (Å²) in [5, 5.41) is 0. The molecule has 0 radical (unpaired) electrons. The lowest BCUT2D eigenvalue weighted by Gasteiger charge is -2.67. The van der Waals surface area contributed by atoms with Crippen molar-refractivity contribution in [1.82, 2.24) is 4.90 Å². The lowest BCUT2D eigenvalue weighted by Crippen LogP contribution is -2.68. The highest BCUT2D eigenvalue weighted by Crippen LogP contribution is 2.79. The third-order valence-electron chi connectivity index (χ3n) is 14.3. The molecule has 1 unspecified atom stereocenters. The van der Waals surface area contributed by atoms with Gasteiger partial charge in [0.1, 0.15) is 17.1 Å². The fraction of sp³-hybridized carbons (Fsp3) is 0.938. The van der Waals surface area contributed by atoms with E-state index in [0.29, 0.717) is 28.3 Å². The Bertz CT molecular complexity index is 1030. The number of ether oxygens (including phenoxy) is 2. The van der Waals surface area contributed by atoms with Gasteiger partial charge in [-0.3, -0.25) is 14.5 Å². The van der Waals surface area contributed by atoms with Crippen molar-refractivity contribution in [3.05, 3.63) is 0 Å². The summed E-state index contributed by atoms with van der Waals surface area (Å²) >= 11 is 0. The largest absolute Gasteiger partial charge is 0.461 e. The second kappa shape index (κ2) is 7.55. The van der Waals surface area contributed by atoms with Crippen LogP contribution in [0.25, 0.3) is 0 Å².